The summed E-state index contributed by atoms with van der Waals surface area (Å²) in [5, 5.41) is 26.7. The smallest absolute Gasteiger partial charge is 0.408 e. The summed E-state index contributed by atoms with van der Waals surface area (Å²) in [5.41, 5.74) is -0.265. The summed E-state index contributed by atoms with van der Waals surface area (Å²) >= 11 is 0. The lowest BCUT2D eigenvalue weighted by Gasteiger charge is -2.36. The van der Waals surface area contributed by atoms with Crippen LogP contribution in [0, 0.1) is 5.41 Å². The van der Waals surface area contributed by atoms with E-state index in [9.17, 15) is 42.3 Å². The number of hydrogen-bond donors (Lipinski definition) is 5. The van der Waals surface area contributed by atoms with Crippen molar-refractivity contribution in [2.45, 2.75) is 83.6 Å². The molecule has 0 saturated carbocycles. The second-order valence-corrected chi connectivity index (χ2v) is 14.0. The van der Waals surface area contributed by atoms with Crippen LogP contribution in [0.4, 0.5) is 4.79 Å². The first kappa shape index (κ1) is 37.7. The minimum Gasteiger partial charge on any atom is -0.481 e. The van der Waals surface area contributed by atoms with E-state index in [1.807, 2.05) is 0 Å². The van der Waals surface area contributed by atoms with Crippen LogP contribution in [0.25, 0.3) is 0 Å². The minimum absolute atomic E-state index is 0.0970. The third kappa shape index (κ3) is 12.9. The number of carboxylic acid groups (broad SMARTS) is 2. The van der Waals surface area contributed by atoms with Crippen molar-refractivity contribution in [2.75, 3.05) is 12.8 Å². The fourth-order valence-electron chi connectivity index (χ4n) is 4.66. The van der Waals surface area contributed by atoms with E-state index in [1.165, 1.54) is 11.0 Å². The molecule has 1 saturated heterocycles. The molecule has 1 aromatic carbocycles. The lowest BCUT2D eigenvalue weighted by Crippen LogP contribution is -2.60. The van der Waals surface area contributed by atoms with Crippen LogP contribution in [0.15, 0.2) is 41.8 Å². The van der Waals surface area contributed by atoms with E-state index in [2.05, 4.69) is 16.0 Å². The predicted molar refractivity (Wildman–Crippen MR) is 165 cm³/mol. The molecule has 5 N–H and O–H groups in total. The van der Waals surface area contributed by atoms with Gasteiger partial charge in [-0.05, 0) is 30.2 Å². The number of aliphatic carboxylic acids is 2. The maximum atomic E-state index is 13.9. The van der Waals surface area contributed by atoms with Gasteiger partial charge in [0.25, 0.3) is 0 Å². The number of benzene rings is 1. The second kappa shape index (κ2) is 16.7. The summed E-state index contributed by atoms with van der Waals surface area (Å²) in [7, 11) is -3.57. The van der Waals surface area contributed by atoms with Crippen LogP contribution in [0.2, 0.25) is 0 Å². The standard InChI is InChI=1S/C30H42N4O11S/c1-30(2,3)25(33-26(39)21(17-24(37)38)32-29(42)45-18-19-9-6-5-7-10-19)28(41)34-15-8-11-22(34)27(40)31-20(12-13-23(35)36)14-16-46(4,43)44/h5-7,9-10,14,16,20-22,25H,8,11-13,15,17-18H2,1-4H3,(H,31,40)(H,32,42)(H,33,39)(H,35,36)(H,37,38)/b16-14+/t20-,21-,22+,25+/m0/s1. The quantitative estimate of drug-likeness (QED) is 0.179. The first-order valence-corrected chi connectivity index (χ1v) is 16.5. The van der Waals surface area contributed by atoms with Crippen molar-refractivity contribution in [1.29, 1.82) is 0 Å². The average Bonchev–Trinajstić information content (AvgIpc) is 3.45. The molecule has 4 amide bonds. The molecule has 0 unspecified atom stereocenters. The molecule has 1 fully saturated rings. The Labute approximate surface area is 267 Å². The number of carbonyl (C=O) groups excluding carboxylic acids is 4. The molecule has 0 aromatic heterocycles. The van der Waals surface area contributed by atoms with E-state index in [0.29, 0.717) is 12.0 Å². The molecule has 0 aliphatic carbocycles. The summed E-state index contributed by atoms with van der Waals surface area (Å²) in [5.74, 6) is -4.75. The highest BCUT2D eigenvalue weighted by atomic mass is 32.2. The summed E-state index contributed by atoms with van der Waals surface area (Å²) in [6, 6.07) is 3.89. The van der Waals surface area contributed by atoms with Crippen molar-refractivity contribution < 1.29 is 52.1 Å². The number of rotatable bonds is 15. The van der Waals surface area contributed by atoms with Crippen molar-refractivity contribution in [3.63, 3.8) is 0 Å². The van der Waals surface area contributed by atoms with Gasteiger partial charge in [0.15, 0.2) is 9.84 Å². The van der Waals surface area contributed by atoms with Crippen molar-refractivity contribution in [2.24, 2.45) is 5.41 Å². The van der Waals surface area contributed by atoms with Crippen molar-refractivity contribution in [1.82, 2.24) is 20.9 Å². The zero-order valence-electron chi connectivity index (χ0n) is 26.2. The summed E-state index contributed by atoms with van der Waals surface area (Å²) in [6.45, 7) is 5.00. The number of amides is 4. The van der Waals surface area contributed by atoms with E-state index in [1.54, 1.807) is 51.1 Å². The van der Waals surface area contributed by atoms with Crippen LogP contribution in [0.5, 0.6) is 0 Å². The monoisotopic (exact) mass is 666 g/mol. The molecule has 254 valence electrons. The van der Waals surface area contributed by atoms with Crippen LogP contribution in [-0.2, 0) is 45.2 Å². The van der Waals surface area contributed by atoms with Gasteiger partial charge < -0.3 is 35.8 Å². The Bertz CT molecular complexity index is 1410. The second-order valence-electron chi connectivity index (χ2n) is 12.1. The summed E-state index contributed by atoms with van der Waals surface area (Å²) < 4.78 is 28.3. The molecule has 1 aromatic rings. The maximum absolute atomic E-state index is 13.9. The van der Waals surface area contributed by atoms with Gasteiger partial charge in [0.2, 0.25) is 17.7 Å². The summed E-state index contributed by atoms with van der Waals surface area (Å²) in [6.07, 6.45) is 0.519. The van der Waals surface area contributed by atoms with Gasteiger partial charge in [-0.15, -0.1) is 0 Å². The molecule has 0 bridgehead atoms. The topological polar surface area (TPSA) is 226 Å². The molecule has 2 rings (SSSR count). The lowest BCUT2D eigenvalue weighted by molar-refractivity contribution is -0.145. The molecule has 1 heterocycles. The van der Waals surface area contributed by atoms with Crippen molar-refractivity contribution in [3.8, 4) is 0 Å². The predicted octanol–water partition coefficient (Wildman–Crippen LogP) is 1.19. The number of nitrogens with one attached hydrogen (secondary N) is 3. The van der Waals surface area contributed by atoms with Crippen LogP contribution >= 0.6 is 0 Å². The first-order chi connectivity index (χ1) is 21.4. The molecule has 16 heteroatoms. The van der Waals surface area contributed by atoms with Crippen LogP contribution < -0.4 is 16.0 Å². The molecule has 4 atom stereocenters. The van der Waals surface area contributed by atoms with Crippen molar-refractivity contribution >= 4 is 45.6 Å². The highest BCUT2D eigenvalue weighted by molar-refractivity contribution is 7.93. The van der Waals surface area contributed by atoms with Gasteiger partial charge in [-0.3, -0.25) is 24.0 Å². The van der Waals surface area contributed by atoms with Crippen molar-refractivity contribution in [3.05, 3.63) is 47.4 Å². The van der Waals surface area contributed by atoms with Gasteiger partial charge in [-0.1, -0.05) is 57.2 Å². The van der Waals surface area contributed by atoms with E-state index >= 15 is 0 Å². The Morgan fingerprint density at radius 3 is 2.24 bits per heavy atom. The van der Waals surface area contributed by atoms with Gasteiger partial charge in [-0.25, -0.2) is 13.2 Å². The minimum atomic E-state index is -3.57. The van der Waals surface area contributed by atoms with Crippen LogP contribution in [0.1, 0.15) is 58.4 Å². The Hall–Kier alpha value is -4.47. The Morgan fingerprint density at radius 1 is 1.02 bits per heavy atom. The molecule has 1 aliphatic rings. The first-order valence-electron chi connectivity index (χ1n) is 14.6. The molecular formula is C30H42N4O11S. The highest BCUT2D eigenvalue weighted by Gasteiger charge is 2.43. The lowest BCUT2D eigenvalue weighted by atomic mass is 9.85. The number of hydrogen-bond acceptors (Lipinski definition) is 9. The molecule has 15 nitrogen and oxygen atoms in total. The zero-order chi connectivity index (χ0) is 34.7. The fraction of sp³-hybridized carbons (Fsp3) is 0.533. The highest BCUT2D eigenvalue weighted by Crippen LogP contribution is 2.26. The molecular weight excluding hydrogens is 624 g/mol. The Morgan fingerprint density at radius 2 is 1.67 bits per heavy atom. The third-order valence-corrected chi connectivity index (χ3v) is 7.64. The van der Waals surface area contributed by atoms with Crippen LogP contribution in [0.3, 0.4) is 0 Å². The van der Waals surface area contributed by atoms with Crippen LogP contribution in [-0.4, -0.2) is 96.3 Å². The molecule has 46 heavy (non-hydrogen) atoms. The zero-order valence-corrected chi connectivity index (χ0v) is 27.0. The number of alkyl carbamates (subject to hydrolysis) is 1. The number of carbonyl (C=O) groups is 6. The Balaban J connectivity index is 2.20. The average molecular weight is 667 g/mol. The molecule has 1 aliphatic heterocycles. The third-order valence-electron chi connectivity index (χ3n) is 6.99. The van der Waals surface area contributed by atoms with Gasteiger partial charge in [0, 0.05) is 30.7 Å². The van der Waals surface area contributed by atoms with E-state index in [4.69, 9.17) is 9.84 Å². The Kier molecular flexibility index (Phi) is 13.7. The van der Waals surface area contributed by atoms with Gasteiger partial charge in [0.05, 0.1) is 6.42 Å². The normalized spacial score (nSPS) is 17.0. The van der Waals surface area contributed by atoms with Gasteiger partial charge in [-0.2, -0.15) is 0 Å². The van der Waals surface area contributed by atoms with E-state index in [0.717, 1.165) is 11.7 Å². The largest absolute Gasteiger partial charge is 0.481 e. The maximum Gasteiger partial charge on any atom is 0.408 e. The number of sulfone groups is 1. The van der Waals surface area contributed by atoms with Gasteiger partial charge >= 0.3 is 18.0 Å². The number of likely N-dealkylation sites (tertiary alicyclic amines) is 1. The number of carboxylic acids is 2. The van der Waals surface area contributed by atoms with E-state index in [-0.39, 0.29) is 32.4 Å². The van der Waals surface area contributed by atoms with Gasteiger partial charge in [0.1, 0.15) is 24.7 Å². The molecule has 0 spiro atoms. The summed E-state index contributed by atoms with van der Waals surface area (Å²) in [4.78, 5) is 76.8. The number of ether oxygens (including phenoxy) is 1. The van der Waals surface area contributed by atoms with E-state index < -0.39 is 81.6 Å². The molecule has 0 radical (unpaired) electrons. The number of nitrogens with zero attached hydrogens (tertiary/aromatic N) is 1. The SMILES string of the molecule is CC(C)(C)[C@H](NC(=O)[C@H](CC(=O)O)NC(=O)OCc1ccccc1)C(=O)N1CCC[C@@H]1C(=O)N[C@H](/C=C/S(C)(=O)=O)CCC(=O)O. The fourth-order valence-corrected chi connectivity index (χ4v) is 5.14.